The molecular formula is C20H24N4O3. The van der Waals surface area contributed by atoms with Gasteiger partial charge in [0, 0.05) is 50.1 Å². The lowest BCUT2D eigenvalue weighted by molar-refractivity contribution is -0.136. The summed E-state index contributed by atoms with van der Waals surface area (Å²) in [4.78, 5) is 40.3. The van der Waals surface area contributed by atoms with E-state index in [9.17, 15) is 14.4 Å². The van der Waals surface area contributed by atoms with E-state index in [1.807, 2.05) is 12.1 Å². The molecule has 0 bridgehead atoms. The summed E-state index contributed by atoms with van der Waals surface area (Å²) < 4.78 is 0. The SMILES string of the molecule is O=C1CCC(N2Cc3cc(CN4CC5(CCNC5)C4)ccc3C2=O)C(=O)N1. The Hall–Kier alpha value is -2.25. The van der Waals surface area contributed by atoms with Gasteiger partial charge in [0.2, 0.25) is 11.8 Å². The van der Waals surface area contributed by atoms with E-state index in [1.54, 1.807) is 4.90 Å². The third-order valence-electron chi connectivity index (χ3n) is 6.44. The van der Waals surface area contributed by atoms with Crippen LogP contribution in [-0.4, -0.2) is 59.7 Å². The number of carbonyl (C=O) groups is 3. The molecule has 3 fully saturated rings. The van der Waals surface area contributed by atoms with Gasteiger partial charge in [-0.05, 0) is 36.6 Å². The first-order valence-electron chi connectivity index (χ1n) is 9.73. The quantitative estimate of drug-likeness (QED) is 0.747. The number of benzene rings is 1. The summed E-state index contributed by atoms with van der Waals surface area (Å²) in [6.07, 6.45) is 1.96. The molecule has 0 aliphatic carbocycles. The molecule has 0 saturated carbocycles. The summed E-state index contributed by atoms with van der Waals surface area (Å²) in [5.41, 5.74) is 3.37. The average Bonchev–Trinajstić information content (AvgIpc) is 3.20. The molecule has 7 nitrogen and oxygen atoms in total. The molecule has 1 spiro atoms. The minimum atomic E-state index is -0.545. The Kier molecular flexibility index (Phi) is 3.84. The molecule has 142 valence electrons. The van der Waals surface area contributed by atoms with Gasteiger partial charge in [-0.2, -0.15) is 0 Å². The largest absolute Gasteiger partial charge is 0.322 e. The van der Waals surface area contributed by atoms with Gasteiger partial charge in [0.1, 0.15) is 6.04 Å². The number of hydrogen-bond donors (Lipinski definition) is 2. The van der Waals surface area contributed by atoms with E-state index in [4.69, 9.17) is 0 Å². The van der Waals surface area contributed by atoms with Crippen molar-refractivity contribution in [2.45, 2.75) is 38.4 Å². The lowest BCUT2D eigenvalue weighted by Crippen LogP contribution is -2.56. The highest BCUT2D eigenvalue weighted by atomic mass is 16.2. The van der Waals surface area contributed by atoms with Crippen molar-refractivity contribution in [3.8, 4) is 0 Å². The summed E-state index contributed by atoms with van der Waals surface area (Å²) in [6.45, 7) is 5.88. The van der Waals surface area contributed by atoms with Gasteiger partial charge in [-0.15, -0.1) is 0 Å². The third-order valence-corrected chi connectivity index (χ3v) is 6.44. The van der Waals surface area contributed by atoms with Gasteiger partial charge in [-0.25, -0.2) is 0 Å². The molecule has 1 unspecified atom stereocenters. The number of carbonyl (C=O) groups excluding carboxylic acids is 3. The molecule has 0 radical (unpaired) electrons. The molecule has 3 amide bonds. The summed E-state index contributed by atoms with van der Waals surface area (Å²) in [6, 6.07) is 5.49. The Morgan fingerprint density at radius 1 is 1.19 bits per heavy atom. The number of likely N-dealkylation sites (tertiary alicyclic amines) is 1. The van der Waals surface area contributed by atoms with Crippen LogP contribution >= 0.6 is 0 Å². The van der Waals surface area contributed by atoms with Gasteiger partial charge < -0.3 is 10.2 Å². The molecule has 0 aromatic heterocycles. The Balaban J connectivity index is 1.27. The van der Waals surface area contributed by atoms with E-state index in [-0.39, 0.29) is 24.1 Å². The predicted octanol–water partition coefficient (Wildman–Crippen LogP) is 0.243. The predicted molar refractivity (Wildman–Crippen MR) is 97.7 cm³/mol. The highest BCUT2D eigenvalue weighted by Crippen LogP contribution is 2.37. The van der Waals surface area contributed by atoms with Crippen molar-refractivity contribution in [3.05, 3.63) is 34.9 Å². The summed E-state index contributed by atoms with van der Waals surface area (Å²) >= 11 is 0. The number of hydrogen-bond acceptors (Lipinski definition) is 5. The number of nitrogens with one attached hydrogen (secondary N) is 2. The zero-order valence-electron chi connectivity index (χ0n) is 15.3. The molecule has 4 aliphatic heterocycles. The monoisotopic (exact) mass is 368 g/mol. The van der Waals surface area contributed by atoms with E-state index in [0.29, 0.717) is 23.9 Å². The van der Waals surface area contributed by atoms with Crippen molar-refractivity contribution < 1.29 is 14.4 Å². The van der Waals surface area contributed by atoms with E-state index in [0.717, 1.165) is 38.3 Å². The van der Waals surface area contributed by atoms with Crippen LogP contribution in [-0.2, 0) is 22.7 Å². The molecule has 4 heterocycles. The maximum absolute atomic E-state index is 12.7. The van der Waals surface area contributed by atoms with Gasteiger partial charge in [0.25, 0.3) is 5.91 Å². The molecule has 7 heteroatoms. The van der Waals surface area contributed by atoms with Crippen molar-refractivity contribution in [1.29, 1.82) is 0 Å². The van der Waals surface area contributed by atoms with Crippen LogP contribution in [0.3, 0.4) is 0 Å². The van der Waals surface area contributed by atoms with Gasteiger partial charge in [-0.1, -0.05) is 12.1 Å². The molecule has 1 aromatic rings. The van der Waals surface area contributed by atoms with Crippen LogP contribution in [0.2, 0.25) is 0 Å². The van der Waals surface area contributed by atoms with Gasteiger partial charge in [0.15, 0.2) is 0 Å². The fourth-order valence-corrected chi connectivity index (χ4v) is 5.06. The lowest BCUT2D eigenvalue weighted by Gasteiger charge is -2.48. The smallest absolute Gasteiger partial charge is 0.255 e. The fraction of sp³-hybridized carbons (Fsp3) is 0.550. The van der Waals surface area contributed by atoms with E-state index in [1.165, 1.54) is 12.0 Å². The summed E-state index contributed by atoms with van der Waals surface area (Å²) in [5, 5.41) is 5.80. The Morgan fingerprint density at radius 3 is 2.78 bits per heavy atom. The van der Waals surface area contributed by atoms with Crippen molar-refractivity contribution in [1.82, 2.24) is 20.4 Å². The number of fused-ring (bicyclic) bond motifs is 1. The minimum absolute atomic E-state index is 0.106. The van der Waals surface area contributed by atoms with E-state index >= 15 is 0 Å². The zero-order chi connectivity index (χ0) is 18.6. The first kappa shape index (κ1) is 16.9. The second-order valence-corrected chi connectivity index (χ2v) is 8.46. The summed E-state index contributed by atoms with van der Waals surface area (Å²) in [7, 11) is 0. The molecule has 1 aromatic carbocycles. The maximum atomic E-state index is 12.7. The Bertz CT molecular complexity index is 823. The normalized spacial score (nSPS) is 27.0. The fourth-order valence-electron chi connectivity index (χ4n) is 5.06. The van der Waals surface area contributed by atoms with Crippen LogP contribution in [0.5, 0.6) is 0 Å². The first-order valence-corrected chi connectivity index (χ1v) is 9.73. The second kappa shape index (κ2) is 6.14. The Morgan fingerprint density at radius 2 is 2.04 bits per heavy atom. The van der Waals surface area contributed by atoms with Crippen LogP contribution in [0, 0.1) is 5.41 Å². The third kappa shape index (κ3) is 2.85. The molecule has 2 N–H and O–H groups in total. The van der Waals surface area contributed by atoms with Crippen LogP contribution < -0.4 is 10.6 Å². The van der Waals surface area contributed by atoms with E-state index < -0.39 is 6.04 Å². The lowest BCUT2D eigenvalue weighted by atomic mass is 9.79. The highest BCUT2D eigenvalue weighted by Gasteiger charge is 2.44. The first-order chi connectivity index (χ1) is 13.0. The maximum Gasteiger partial charge on any atom is 0.255 e. The topological polar surface area (TPSA) is 81.8 Å². The van der Waals surface area contributed by atoms with Crippen LogP contribution in [0.1, 0.15) is 40.7 Å². The van der Waals surface area contributed by atoms with Crippen molar-refractivity contribution in [2.75, 3.05) is 26.2 Å². The minimum Gasteiger partial charge on any atom is -0.322 e. The molecular weight excluding hydrogens is 344 g/mol. The molecule has 4 aliphatic rings. The average molecular weight is 368 g/mol. The van der Waals surface area contributed by atoms with Crippen molar-refractivity contribution in [2.24, 2.45) is 5.41 Å². The standard InChI is InChI=1S/C20H24N4O3/c25-17-4-3-16(18(26)22-17)24-9-14-7-13(1-2-15(14)19(24)27)8-23-11-20(12-23)5-6-21-10-20/h1-2,7,16,21H,3-6,8-12H2,(H,22,25,26). The number of rotatable bonds is 3. The molecule has 1 atom stereocenters. The molecule has 3 saturated heterocycles. The van der Waals surface area contributed by atoms with Crippen LogP contribution in [0.15, 0.2) is 18.2 Å². The summed E-state index contributed by atoms with van der Waals surface area (Å²) in [5.74, 6) is -0.720. The Labute approximate surface area is 158 Å². The van der Waals surface area contributed by atoms with E-state index in [2.05, 4.69) is 21.6 Å². The number of amides is 3. The second-order valence-electron chi connectivity index (χ2n) is 8.46. The number of nitrogens with zero attached hydrogens (tertiary/aromatic N) is 2. The van der Waals surface area contributed by atoms with Gasteiger partial charge >= 0.3 is 0 Å². The highest BCUT2D eigenvalue weighted by molar-refractivity contribution is 6.05. The zero-order valence-corrected chi connectivity index (χ0v) is 15.3. The number of piperidine rings is 1. The van der Waals surface area contributed by atoms with Crippen LogP contribution in [0.4, 0.5) is 0 Å². The van der Waals surface area contributed by atoms with Crippen molar-refractivity contribution >= 4 is 17.7 Å². The van der Waals surface area contributed by atoms with Crippen molar-refractivity contribution in [3.63, 3.8) is 0 Å². The number of imide groups is 1. The molecule has 5 rings (SSSR count). The van der Waals surface area contributed by atoms with Gasteiger partial charge in [-0.3, -0.25) is 24.6 Å². The van der Waals surface area contributed by atoms with Crippen LogP contribution in [0.25, 0.3) is 0 Å². The molecule has 27 heavy (non-hydrogen) atoms. The van der Waals surface area contributed by atoms with Gasteiger partial charge in [0.05, 0.1) is 0 Å².